The normalized spacial score (nSPS) is 11.8. The predicted molar refractivity (Wildman–Crippen MR) is 48.3 cm³/mol. The third kappa shape index (κ3) is 1.67. The van der Waals surface area contributed by atoms with Crippen LogP contribution in [0.3, 0.4) is 0 Å². The van der Waals surface area contributed by atoms with Gasteiger partial charge in [0, 0.05) is 12.4 Å². The van der Waals surface area contributed by atoms with Gasteiger partial charge < -0.3 is 0 Å². The van der Waals surface area contributed by atoms with Crippen molar-refractivity contribution in [3.05, 3.63) is 35.7 Å². The molecule has 1 heteroatoms. The highest BCUT2D eigenvalue weighted by molar-refractivity contribution is 5.58. The van der Waals surface area contributed by atoms with Gasteiger partial charge in [-0.1, -0.05) is 26.0 Å². The molecule has 1 aromatic rings. The Kier molecular flexibility index (Phi) is 2.84. The lowest BCUT2D eigenvalue weighted by molar-refractivity contribution is 1.21. The molecule has 2 rings (SSSR count). The zero-order valence-corrected chi connectivity index (χ0v) is 7.04. The second-order valence-corrected chi connectivity index (χ2v) is 2.18. The highest BCUT2D eigenvalue weighted by Gasteiger charge is 2.01. The molecule has 0 saturated carbocycles. The summed E-state index contributed by atoms with van der Waals surface area (Å²) in [7, 11) is 0. The van der Waals surface area contributed by atoms with Crippen molar-refractivity contribution >= 4 is 6.08 Å². The van der Waals surface area contributed by atoms with Crippen LogP contribution in [0.1, 0.15) is 25.0 Å². The van der Waals surface area contributed by atoms with Crippen LogP contribution < -0.4 is 0 Å². The lowest BCUT2D eigenvalue weighted by atomic mass is 10.2. The van der Waals surface area contributed by atoms with E-state index in [2.05, 4.69) is 17.1 Å². The van der Waals surface area contributed by atoms with E-state index in [1.54, 1.807) is 0 Å². The zero-order valence-electron chi connectivity index (χ0n) is 7.04. The second kappa shape index (κ2) is 3.91. The van der Waals surface area contributed by atoms with Gasteiger partial charge in [-0.25, -0.2) is 0 Å². The van der Waals surface area contributed by atoms with Crippen LogP contribution >= 0.6 is 0 Å². The average molecular weight is 147 g/mol. The Hall–Kier alpha value is -1.11. The molecule has 0 aromatic carbocycles. The Morgan fingerprint density at radius 1 is 1.36 bits per heavy atom. The molecule has 0 radical (unpaired) electrons. The molecule has 1 aliphatic carbocycles. The Bertz CT molecular complexity index is 251. The molecule has 1 aromatic heterocycles. The summed E-state index contributed by atoms with van der Waals surface area (Å²) in [5.74, 6) is 0. The molecule has 0 amide bonds. The van der Waals surface area contributed by atoms with Crippen LogP contribution in [-0.2, 0) is 6.42 Å². The largest absolute Gasteiger partial charge is 0.264 e. The van der Waals surface area contributed by atoms with Crippen molar-refractivity contribution in [1.82, 2.24) is 4.98 Å². The molecule has 0 spiro atoms. The number of allylic oxidation sites excluding steroid dienone is 1. The van der Waals surface area contributed by atoms with Gasteiger partial charge in [-0.15, -0.1) is 0 Å². The Morgan fingerprint density at radius 3 is 2.91 bits per heavy atom. The summed E-state index contributed by atoms with van der Waals surface area (Å²) in [6.45, 7) is 4.00. The van der Waals surface area contributed by atoms with Gasteiger partial charge in [0.15, 0.2) is 0 Å². The standard InChI is InChI=1S/C8H7N.C2H6/c1-2-7-4-5-9-6-8(7)3-1;1-2/h1-2,4-6H,3H2;1-2H3. The summed E-state index contributed by atoms with van der Waals surface area (Å²) in [6.07, 6.45) is 9.11. The van der Waals surface area contributed by atoms with E-state index in [4.69, 9.17) is 0 Å². The van der Waals surface area contributed by atoms with Crippen molar-refractivity contribution in [1.29, 1.82) is 0 Å². The molecule has 0 atom stereocenters. The van der Waals surface area contributed by atoms with Crippen LogP contribution in [0.2, 0.25) is 0 Å². The van der Waals surface area contributed by atoms with Gasteiger partial charge in [0.05, 0.1) is 0 Å². The van der Waals surface area contributed by atoms with Crippen molar-refractivity contribution in [2.24, 2.45) is 0 Å². The van der Waals surface area contributed by atoms with Gasteiger partial charge in [-0.3, -0.25) is 4.98 Å². The first kappa shape index (κ1) is 7.99. The van der Waals surface area contributed by atoms with Crippen LogP contribution in [-0.4, -0.2) is 4.98 Å². The minimum absolute atomic E-state index is 1.06. The van der Waals surface area contributed by atoms with E-state index in [9.17, 15) is 0 Å². The van der Waals surface area contributed by atoms with Crippen LogP contribution in [0.4, 0.5) is 0 Å². The molecule has 0 N–H and O–H groups in total. The smallest absolute Gasteiger partial charge is 0.0309 e. The van der Waals surface area contributed by atoms with E-state index >= 15 is 0 Å². The second-order valence-electron chi connectivity index (χ2n) is 2.18. The maximum absolute atomic E-state index is 4.02. The molecule has 0 aliphatic heterocycles. The Labute approximate surface area is 67.8 Å². The quantitative estimate of drug-likeness (QED) is 0.549. The number of aromatic nitrogens is 1. The maximum Gasteiger partial charge on any atom is 0.0309 e. The molecule has 0 unspecified atom stereocenters. The minimum atomic E-state index is 1.06. The molecule has 1 nitrogen and oxygen atoms in total. The van der Waals surface area contributed by atoms with Crippen LogP contribution in [0, 0.1) is 0 Å². The minimum Gasteiger partial charge on any atom is -0.264 e. The van der Waals surface area contributed by atoms with E-state index in [0.29, 0.717) is 0 Å². The molecule has 0 saturated heterocycles. The fraction of sp³-hybridized carbons (Fsp3) is 0.300. The summed E-state index contributed by atoms with van der Waals surface area (Å²) < 4.78 is 0. The van der Waals surface area contributed by atoms with E-state index < -0.39 is 0 Å². The van der Waals surface area contributed by atoms with Crippen molar-refractivity contribution in [3.63, 3.8) is 0 Å². The lowest BCUT2D eigenvalue weighted by Gasteiger charge is -1.92. The van der Waals surface area contributed by atoms with Gasteiger partial charge in [-0.05, 0) is 23.6 Å². The summed E-state index contributed by atoms with van der Waals surface area (Å²) in [6, 6.07) is 2.04. The highest BCUT2D eigenvalue weighted by atomic mass is 14.6. The number of hydrogen-bond acceptors (Lipinski definition) is 1. The molecule has 0 fully saturated rings. The van der Waals surface area contributed by atoms with Gasteiger partial charge in [0.1, 0.15) is 0 Å². The number of hydrogen-bond donors (Lipinski definition) is 0. The third-order valence-corrected chi connectivity index (χ3v) is 1.58. The van der Waals surface area contributed by atoms with Gasteiger partial charge in [0.2, 0.25) is 0 Å². The Balaban J connectivity index is 0.000000281. The van der Waals surface area contributed by atoms with E-state index in [0.717, 1.165) is 6.42 Å². The van der Waals surface area contributed by atoms with Gasteiger partial charge >= 0.3 is 0 Å². The molecule has 1 heterocycles. The number of rotatable bonds is 0. The van der Waals surface area contributed by atoms with Crippen molar-refractivity contribution < 1.29 is 0 Å². The molecular formula is C10H13N. The van der Waals surface area contributed by atoms with Crippen molar-refractivity contribution in [2.45, 2.75) is 20.3 Å². The van der Waals surface area contributed by atoms with E-state index in [1.807, 2.05) is 32.3 Å². The summed E-state index contributed by atoms with van der Waals surface area (Å²) in [5.41, 5.74) is 2.67. The number of pyridine rings is 1. The van der Waals surface area contributed by atoms with E-state index in [1.165, 1.54) is 11.1 Å². The fourth-order valence-corrected chi connectivity index (χ4v) is 1.08. The summed E-state index contributed by atoms with van der Waals surface area (Å²) >= 11 is 0. The summed E-state index contributed by atoms with van der Waals surface area (Å²) in [4.78, 5) is 4.02. The first-order valence-corrected chi connectivity index (χ1v) is 4.06. The monoisotopic (exact) mass is 147 g/mol. The first-order chi connectivity index (χ1) is 5.47. The van der Waals surface area contributed by atoms with Crippen molar-refractivity contribution in [3.8, 4) is 0 Å². The van der Waals surface area contributed by atoms with Crippen LogP contribution in [0.5, 0.6) is 0 Å². The predicted octanol–water partition coefficient (Wildman–Crippen LogP) is 2.68. The van der Waals surface area contributed by atoms with Crippen LogP contribution in [0.15, 0.2) is 24.5 Å². The molecule has 11 heavy (non-hydrogen) atoms. The van der Waals surface area contributed by atoms with E-state index in [-0.39, 0.29) is 0 Å². The lowest BCUT2D eigenvalue weighted by Crippen LogP contribution is -1.80. The number of fused-ring (bicyclic) bond motifs is 1. The molecule has 1 aliphatic rings. The molecular weight excluding hydrogens is 134 g/mol. The van der Waals surface area contributed by atoms with Gasteiger partial charge in [0.25, 0.3) is 0 Å². The third-order valence-electron chi connectivity index (χ3n) is 1.58. The Morgan fingerprint density at radius 2 is 2.18 bits per heavy atom. The average Bonchev–Trinajstić information content (AvgIpc) is 2.55. The van der Waals surface area contributed by atoms with Crippen LogP contribution in [0.25, 0.3) is 6.08 Å². The maximum atomic E-state index is 4.02. The SMILES string of the molecule is C1=Cc2ccncc2C1.CC. The zero-order chi connectivity index (χ0) is 8.10. The molecule has 58 valence electrons. The van der Waals surface area contributed by atoms with Gasteiger partial charge in [-0.2, -0.15) is 0 Å². The fourth-order valence-electron chi connectivity index (χ4n) is 1.08. The number of nitrogens with zero attached hydrogens (tertiary/aromatic N) is 1. The highest BCUT2D eigenvalue weighted by Crippen LogP contribution is 2.16. The molecule has 0 bridgehead atoms. The topological polar surface area (TPSA) is 12.9 Å². The summed E-state index contributed by atoms with van der Waals surface area (Å²) in [5, 5.41) is 0. The van der Waals surface area contributed by atoms with Crippen molar-refractivity contribution in [2.75, 3.05) is 0 Å². The first-order valence-electron chi connectivity index (χ1n) is 4.06.